The van der Waals surface area contributed by atoms with Crippen LogP contribution in [0.2, 0.25) is 0 Å². The summed E-state index contributed by atoms with van der Waals surface area (Å²) in [6.45, 7) is 3.07. The maximum absolute atomic E-state index is 11.7. The lowest BCUT2D eigenvalue weighted by atomic mass is 10.1. The van der Waals surface area contributed by atoms with Crippen molar-refractivity contribution in [1.82, 2.24) is 5.32 Å². The molecule has 2 N–H and O–H groups in total. The number of benzene rings is 1. The largest absolute Gasteiger partial charge is 0.326 e. The van der Waals surface area contributed by atoms with Gasteiger partial charge in [-0.2, -0.15) is 0 Å². The Morgan fingerprint density at radius 3 is 3.00 bits per heavy atom. The highest BCUT2D eigenvalue weighted by molar-refractivity contribution is 5.91. The topological polar surface area (TPSA) is 41.1 Å². The van der Waals surface area contributed by atoms with Gasteiger partial charge in [0.25, 0.3) is 0 Å². The van der Waals surface area contributed by atoms with Gasteiger partial charge in [-0.05, 0) is 44.0 Å². The van der Waals surface area contributed by atoms with Gasteiger partial charge in [0.1, 0.15) is 0 Å². The quantitative estimate of drug-likeness (QED) is 0.870. The SMILES string of the molecule is Cc1cccc(NC(=O)CC2CCCN2)c1.Cl. The average molecular weight is 255 g/mol. The van der Waals surface area contributed by atoms with Crippen molar-refractivity contribution < 1.29 is 4.79 Å². The molecule has 1 aromatic rings. The second kappa shape index (κ2) is 6.62. The molecule has 0 aromatic heterocycles. The van der Waals surface area contributed by atoms with Crippen LogP contribution in [0.3, 0.4) is 0 Å². The summed E-state index contributed by atoms with van der Waals surface area (Å²) in [5.74, 6) is 0.102. The van der Waals surface area contributed by atoms with Crippen LogP contribution in [0, 0.1) is 6.92 Å². The molecule has 1 amide bonds. The molecule has 1 heterocycles. The second-order valence-electron chi connectivity index (χ2n) is 4.42. The van der Waals surface area contributed by atoms with E-state index in [1.54, 1.807) is 0 Å². The van der Waals surface area contributed by atoms with E-state index in [1.165, 1.54) is 6.42 Å². The van der Waals surface area contributed by atoms with Crippen LogP contribution in [0.4, 0.5) is 5.69 Å². The average Bonchev–Trinajstić information content (AvgIpc) is 2.70. The van der Waals surface area contributed by atoms with Gasteiger partial charge in [0.15, 0.2) is 0 Å². The van der Waals surface area contributed by atoms with Crippen molar-refractivity contribution in [3.63, 3.8) is 0 Å². The minimum Gasteiger partial charge on any atom is -0.326 e. The van der Waals surface area contributed by atoms with Crippen molar-refractivity contribution >= 4 is 24.0 Å². The Morgan fingerprint density at radius 2 is 2.35 bits per heavy atom. The molecule has 0 radical (unpaired) electrons. The number of halogens is 1. The number of hydrogen-bond acceptors (Lipinski definition) is 2. The van der Waals surface area contributed by atoms with Gasteiger partial charge in [0, 0.05) is 18.2 Å². The van der Waals surface area contributed by atoms with Crippen molar-refractivity contribution in [2.75, 3.05) is 11.9 Å². The molecule has 94 valence electrons. The summed E-state index contributed by atoms with van der Waals surface area (Å²) in [5.41, 5.74) is 2.06. The molecule has 1 atom stereocenters. The van der Waals surface area contributed by atoms with Gasteiger partial charge in [-0.1, -0.05) is 12.1 Å². The maximum atomic E-state index is 11.7. The number of rotatable bonds is 3. The highest BCUT2D eigenvalue weighted by atomic mass is 35.5. The van der Waals surface area contributed by atoms with Gasteiger partial charge >= 0.3 is 0 Å². The number of aryl methyl sites for hydroxylation is 1. The number of carbonyl (C=O) groups is 1. The van der Waals surface area contributed by atoms with E-state index >= 15 is 0 Å². The molecule has 4 heteroatoms. The van der Waals surface area contributed by atoms with Crippen molar-refractivity contribution in [3.8, 4) is 0 Å². The lowest BCUT2D eigenvalue weighted by Crippen LogP contribution is -2.27. The van der Waals surface area contributed by atoms with Crippen molar-refractivity contribution in [1.29, 1.82) is 0 Å². The molecular formula is C13H19ClN2O. The maximum Gasteiger partial charge on any atom is 0.225 e. The Balaban J connectivity index is 0.00000144. The zero-order valence-corrected chi connectivity index (χ0v) is 10.8. The first-order chi connectivity index (χ1) is 7.74. The number of amides is 1. The van der Waals surface area contributed by atoms with Crippen LogP contribution in [0.5, 0.6) is 0 Å². The monoisotopic (exact) mass is 254 g/mol. The van der Waals surface area contributed by atoms with Crippen LogP contribution >= 0.6 is 12.4 Å². The third-order valence-corrected chi connectivity index (χ3v) is 2.90. The zero-order chi connectivity index (χ0) is 11.4. The number of anilines is 1. The lowest BCUT2D eigenvalue weighted by Gasteiger charge is -2.10. The lowest BCUT2D eigenvalue weighted by molar-refractivity contribution is -0.116. The standard InChI is InChI=1S/C13H18N2O.ClH/c1-10-4-2-5-12(8-10)15-13(16)9-11-6-3-7-14-11;/h2,4-5,8,11,14H,3,6-7,9H2,1H3,(H,15,16);1H. The predicted molar refractivity (Wildman–Crippen MR) is 72.7 cm³/mol. The van der Waals surface area contributed by atoms with Gasteiger partial charge in [0.2, 0.25) is 5.91 Å². The van der Waals surface area contributed by atoms with Gasteiger partial charge in [-0.3, -0.25) is 4.79 Å². The highest BCUT2D eigenvalue weighted by Gasteiger charge is 2.17. The number of hydrogen-bond donors (Lipinski definition) is 2. The molecule has 0 aliphatic carbocycles. The summed E-state index contributed by atoms with van der Waals surface area (Å²) in [6.07, 6.45) is 2.87. The van der Waals surface area contributed by atoms with Crippen molar-refractivity contribution in [2.24, 2.45) is 0 Å². The Kier molecular flexibility index (Phi) is 5.45. The zero-order valence-electron chi connectivity index (χ0n) is 10.0. The summed E-state index contributed by atoms with van der Waals surface area (Å²) in [7, 11) is 0. The third kappa shape index (κ3) is 4.36. The predicted octanol–water partition coefficient (Wildman–Crippen LogP) is 2.50. The van der Waals surface area contributed by atoms with Crippen LogP contribution in [0.15, 0.2) is 24.3 Å². The van der Waals surface area contributed by atoms with E-state index in [0.717, 1.165) is 24.2 Å². The Labute approximate surface area is 108 Å². The van der Waals surface area contributed by atoms with Crippen LogP contribution in [0.25, 0.3) is 0 Å². The molecule has 1 aliphatic rings. The Bertz CT molecular complexity index is 375. The van der Waals surface area contributed by atoms with Crippen molar-refractivity contribution in [3.05, 3.63) is 29.8 Å². The normalized spacial score (nSPS) is 18.5. The molecule has 0 saturated carbocycles. The minimum absolute atomic E-state index is 0. The van der Waals surface area contributed by atoms with Crippen molar-refractivity contribution in [2.45, 2.75) is 32.2 Å². The molecule has 1 unspecified atom stereocenters. The van der Waals surface area contributed by atoms with Crippen LogP contribution < -0.4 is 10.6 Å². The van der Waals surface area contributed by atoms with E-state index < -0.39 is 0 Å². The highest BCUT2D eigenvalue weighted by Crippen LogP contribution is 2.12. The first-order valence-corrected chi connectivity index (χ1v) is 5.84. The molecule has 2 rings (SSSR count). The van der Waals surface area contributed by atoms with E-state index in [9.17, 15) is 4.79 Å². The summed E-state index contributed by atoms with van der Waals surface area (Å²) >= 11 is 0. The van der Waals surface area contributed by atoms with Gasteiger partial charge in [-0.15, -0.1) is 12.4 Å². The minimum atomic E-state index is 0. The summed E-state index contributed by atoms with van der Waals surface area (Å²) in [4.78, 5) is 11.7. The number of carbonyl (C=O) groups excluding carboxylic acids is 1. The molecule has 3 nitrogen and oxygen atoms in total. The molecule has 1 aliphatic heterocycles. The van der Waals surface area contributed by atoms with Crippen LogP contribution in [-0.2, 0) is 4.79 Å². The van der Waals surface area contributed by atoms with Crippen LogP contribution in [-0.4, -0.2) is 18.5 Å². The molecule has 1 fully saturated rings. The van der Waals surface area contributed by atoms with E-state index in [4.69, 9.17) is 0 Å². The second-order valence-corrected chi connectivity index (χ2v) is 4.42. The molecule has 1 saturated heterocycles. The summed E-state index contributed by atoms with van der Waals surface area (Å²) < 4.78 is 0. The first-order valence-electron chi connectivity index (χ1n) is 5.84. The smallest absolute Gasteiger partial charge is 0.225 e. The molecule has 0 spiro atoms. The Morgan fingerprint density at radius 1 is 1.53 bits per heavy atom. The van der Waals surface area contributed by atoms with Gasteiger partial charge in [0.05, 0.1) is 0 Å². The Hall–Kier alpha value is -1.06. The van der Waals surface area contributed by atoms with E-state index in [-0.39, 0.29) is 18.3 Å². The number of nitrogens with one attached hydrogen (secondary N) is 2. The fraction of sp³-hybridized carbons (Fsp3) is 0.462. The van der Waals surface area contributed by atoms with E-state index in [2.05, 4.69) is 10.6 Å². The summed E-state index contributed by atoms with van der Waals surface area (Å²) in [5, 5.41) is 6.25. The van der Waals surface area contributed by atoms with Gasteiger partial charge in [-0.25, -0.2) is 0 Å². The molecule has 1 aromatic carbocycles. The molecule has 0 bridgehead atoms. The fourth-order valence-electron chi connectivity index (χ4n) is 2.09. The van der Waals surface area contributed by atoms with E-state index in [1.807, 2.05) is 31.2 Å². The molecule has 17 heavy (non-hydrogen) atoms. The van der Waals surface area contributed by atoms with Crippen LogP contribution in [0.1, 0.15) is 24.8 Å². The fourth-order valence-corrected chi connectivity index (χ4v) is 2.09. The first kappa shape index (κ1) is 14.0. The van der Waals surface area contributed by atoms with Gasteiger partial charge < -0.3 is 10.6 Å². The van der Waals surface area contributed by atoms with E-state index in [0.29, 0.717) is 12.5 Å². The summed E-state index contributed by atoms with van der Waals surface area (Å²) in [6, 6.07) is 8.25. The third-order valence-electron chi connectivity index (χ3n) is 2.90. The molecular weight excluding hydrogens is 236 g/mol.